The molecule has 20 heavy (non-hydrogen) atoms. The van der Waals surface area contributed by atoms with Gasteiger partial charge in [-0.1, -0.05) is 74.5 Å². The van der Waals surface area contributed by atoms with E-state index in [1.54, 1.807) is 0 Å². The highest BCUT2D eigenvalue weighted by Gasteiger charge is 2.56. The zero-order chi connectivity index (χ0) is 14.2. The van der Waals surface area contributed by atoms with Crippen LogP contribution in [0.2, 0.25) is 0 Å². The highest BCUT2D eigenvalue weighted by molar-refractivity contribution is 5.42. The first-order chi connectivity index (χ1) is 9.59. The molecule has 0 N–H and O–H groups in total. The molecule has 0 amide bonds. The number of rotatable bonds is 2. The van der Waals surface area contributed by atoms with Crippen LogP contribution in [0.3, 0.4) is 0 Å². The third-order valence-corrected chi connectivity index (χ3v) is 4.68. The molecule has 1 aliphatic rings. The molecule has 1 aliphatic heterocycles. The lowest BCUT2D eigenvalue weighted by Gasteiger charge is -2.44. The monoisotopic (exact) mass is 266 g/mol. The summed E-state index contributed by atoms with van der Waals surface area (Å²) in [7, 11) is 0. The minimum atomic E-state index is -0.588. The average Bonchev–Trinajstić information content (AvgIpc) is 2.72. The molecule has 0 unspecified atom stereocenters. The Balaban J connectivity index is 2.29. The van der Waals surface area contributed by atoms with Gasteiger partial charge in [0.2, 0.25) is 0 Å². The normalized spacial score (nSPS) is 20.9. The molecule has 0 aromatic heterocycles. The molecule has 1 heterocycles. The highest BCUT2D eigenvalue weighted by Crippen LogP contribution is 2.55. The molecule has 0 saturated carbocycles. The van der Waals surface area contributed by atoms with Crippen LogP contribution < -0.4 is 0 Å². The number of nitrogens with zero attached hydrogens (tertiary/aromatic N) is 1. The first-order valence-corrected chi connectivity index (χ1v) is 7.15. The molecule has 2 aromatic rings. The summed E-state index contributed by atoms with van der Waals surface area (Å²) < 4.78 is 0. The van der Waals surface area contributed by atoms with Crippen molar-refractivity contribution in [1.82, 2.24) is 5.06 Å². The van der Waals surface area contributed by atoms with Gasteiger partial charge in [-0.15, -0.1) is 10.3 Å². The van der Waals surface area contributed by atoms with Crippen molar-refractivity contribution in [1.29, 1.82) is 0 Å². The second-order valence-corrected chi connectivity index (χ2v) is 6.18. The fourth-order valence-corrected chi connectivity index (χ4v) is 3.66. The van der Waals surface area contributed by atoms with Crippen LogP contribution in [0.25, 0.3) is 0 Å². The Morgan fingerprint density at radius 1 is 0.850 bits per heavy atom. The smallest absolute Gasteiger partial charge is 0.104 e. The van der Waals surface area contributed by atoms with Crippen molar-refractivity contribution in [3.05, 3.63) is 71.8 Å². The second-order valence-electron chi connectivity index (χ2n) is 6.18. The molecule has 1 radical (unpaired) electrons. The fourth-order valence-electron chi connectivity index (χ4n) is 3.66. The van der Waals surface area contributed by atoms with Gasteiger partial charge in [-0.05, 0) is 23.0 Å². The van der Waals surface area contributed by atoms with Crippen LogP contribution in [-0.2, 0) is 10.7 Å². The van der Waals surface area contributed by atoms with E-state index in [0.717, 1.165) is 17.5 Å². The van der Waals surface area contributed by atoms with Crippen LogP contribution in [0.4, 0.5) is 0 Å². The largest absolute Gasteiger partial charge is 0.139 e. The Kier molecular flexibility index (Phi) is 3.15. The van der Waals surface area contributed by atoms with Gasteiger partial charge in [-0.3, -0.25) is 0 Å². The van der Waals surface area contributed by atoms with E-state index in [9.17, 15) is 5.21 Å². The zero-order valence-electron chi connectivity index (χ0n) is 12.0. The summed E-state index contributed by atoms with van der Waals surface area (Å²) in [5.41, 5.74) is 1.49. The van der Waals surface area contributed by atoms with Gasteiger partial charge in [0.15, 0.2) is 0 Å². The van der Waals surface area contributed by atoms with Gasteiger partial charge in [0.05, 0.1) is 0 Å². The van der Waals surface area contributed by atoms with Crippen LogP contribution in [0.15, 0.2) is 60.7 Å². The summed E-state index contributed by atoms with van der Waals surface area (Å²) >= 11 is 0. The van der Waals surface area contributed by atoms with E-state index >= 15 is 0 Å². The van der Waals surface area contributed by atoms with Crippen molar-refractivity contribution in [3.63, 3.8) is 0 Å². The fraction of sp³-hybridized carbons (Fsp3) is 0.333. The number of benzene rings is 2. The highest BCUT2D eigenvalue weighted by atomic mass is 16.5. The summed E-state index contributed by atoms with van der Waals surface area (Å²) in [5.74, 6) is 0. The number of hydrogen-bond donors (Lipinski definition) is 0. The molecule has 2 nitrogen and oxygen atoms in total. The molecule has 0 atom stereocenters. The van der Waals surface area contributed by atoms with Crippen molar-refractivity contribution >= 4 is 0 Å². The summed E-state index contributed by atoms with van der Waals surface area (Å²) in [4.78, 5) is 0. The van der Waals surface area contributed by atoms with Crippen molar-refractivity contribution in [2.45, 2.75) is 25.8 Å². The lowest BCUT2D eigenvalue weighted by Crippen LogP contribution is -2.47. The third-order valence-electron chi connectivity index (χ3n) is 4.68. The van der Waals surface area contributed by atoms with Crippen LogP contribution in [0.1, 0.15) is 31.4 Å². The quantitative estimate of drug-likeness (QED) is 0.805. The maximum atomic E-state index is 12.8. The zero-order valence-corrected chi connectivity index (χ0v) is 12.0. The Hall–Kier alpha value is -1.64. The molecule has 0 spiro atoms. The first-order valence-electron chi connectivity index (χ1n) is 7.15. The van der Waals surface area contributed by atoms with Crippen LogP contribution in [0.5, 0.6) is 0 Å². The third kappa shape index (κ3) is 1.72. The molecule has 1 saturated heterocycles. The van der Waals surface area contributed by atoms with Gasteiger partial charge in [0, 0.05) is 6.54 Å². The SMILES string of the molecule is CC1(C)CCN([O])C1(c1ccccc1)c1ccccc1. The molecule has 103 valence electrons. The van der Waals surface area contributed by atoms with Gasteiger partial charge in [-0.25, -0.2) is 0 Å². The lowest BCUT2D eigenvalue weighted by molar-refractivity contribution is -0.211. The van der Waals surface area contributed by atoms with E-state index in [2.05, 4.69) is 38.1 Å². The predicted molar refractivity (Wildman–Crippen MR) is 79.5 cm³/mol. The molecule has 1 fully saturated rings. The lowest BCUT2D eigenvalue weighted by atomic mass is 9.65. The molecule has 2 aromatic carbocycles. The maximum absolute atomic E-state index is 12.8. The van der Waals surface area contributed by atoms with E-state index in [-0.39, 0.29) is 5.41 Å². The van der Waals surface area contributed by atoms with E-state index < -0.39 is 5.54 Å². The van der Waals surface area contributed by atoms with Crippen molar-refractivity contribution in [2.24, 2.45) is 5.41 Å². The van der Waals surface area contributed by atoms with Gasteiger partial charge in [0.1, 0.15) is 5.54 Å². The van der Waals surface area contributed by atoms with E-state index in [1.807, 2.05) is 36.4 Å². The average molecular weight is 266 g/mol. The molecular formula is C18H20NO. The number of hydroxylamine groups is 2. The second kappa shape index (κ2) is 4.72. The molecular weight excluding hydrogens is 246 g/mol. The Morgan fingerprint density at radius 2 is 1.30 bits per heavy atom. The summed E-state index contributed by atoms with van der Waals surface area (Å²) in [6, 6.07) is 20.4. The molecule has 2 heteroatoms. The van der Waals surface area contributed by atoms with E-state index in [4.69, 9.17) is 0 Å². The van der Waals surface area contributed by atoms with E-state index in [1.165, 1.54) is 5.06 Å². The Morgan fingerprint density at radius 3 is 1.65 bits per heavy atom. The van der Waals surface area contributed by atoms with Crippen molar-refractivity contribution < 1.29 is 5.21 Å². The number of hydrogen-bond acceptors (Lipinski definition) is 1. The molecule has 3 rings (SSSR count). The summed E-state index contributed by atoms with van der Waals surface area (Å²) in [6.07, 6.45) is 0.903. The van der Waals surface area contributed by atoms with Gasteiger partial charge in [0.25, 0.3) is 0 Å². The maximum Gasteiger partial charge on any atom is 0.104 e. The first kappa shape index (κ1) is 13.3. The Labute approximate surface area is 120 Å². The topological polar surface area (TPSA) is 23.1 Å². The predicted octanol–water partition coefficient (Wildman–Crippen LogP) is 4.01. The summed E-state index contributed by atoms with van der Waals surface area (Å²) in [5, 5.41) is 14.1. The minimum Gasteiger partial charge on any atom is -0.139 e. The molecule has 0 aliphatic carbocycles. The summed E-state index contributed by atoms with van der Waals surface area (Å²) in [6.45, 7) is 4.98. The van der Waals surface area contributed by atoms with Crippen molar-refractivity contribution in [3.8, 4) is 0 Å². The van der Waals surface area contributed by atoms with Crippen molar-refractivity contribution in [2.75, 3.05) is 6.54 Å². The van der Waals surface area contributed by atoms with E-state index in [0.29, 0.717) is 6.54 Å². The minimum absolute atomic E-state index is 0.0997. The van der Waals surface area contributed by atoms with Crippen LogP contribution >= 0.6 is 0 Å². The van der Waals surface area contributed by atoms with Gasteiger partial charge in [-0.2, -0.15) is 0 Å². The standard InChI is InChI=1S/C18H20NO/c1-17(2)13-14-19(20)18(17,15-9-5-3-6-10-15)16-11-7-4-8-12-16/h3-12H,13-14H2,1-2H3. The van der Waals surface area contributed by atoms with Gasteiger partial charge >= 0.3 is 0 Å². The Bertz CT molecular complexity index is 537. The van der Waals surface area contributed by atoms with Crippen LogP contribution in [0, 0.1) is 5.41 Å². The van der Waals surface area contributed by atoms with Gasteiger partial charge < -0.3 is 0 Å². The van der Waals surface area contributed by atoms with Crippen LogP contribution in [-0.4, -0.2) is 11.6 Å². The molecule has 0 bridgehead atoms.